The Morgan fingerprint density at radius 3 is 2.39 bits per heavy atom. The number of methoxy groups -OCH3 is 1. The highest BCUT2D eigenvalue weighted by Gasteiger charge is 2.26. The molecule has 0 saturated carbocycles. The first kappa shape index (κ1) is 23.9. The monoisotopic (exact) mass is 458 g/mol. The average Bonchev–Trinajstić information content (AvgIpc) is 3.12. The molecule has 1 N–H and O–H groups in total. The van der Waals surface area contributed by atoms with Gasteiger partial charge in [-0.15, -0.1) is 0 Å². The molecule has 1 heterocycles. The van der Waals surface area contributed by atoms with Crippen LogP contribution in [-0.4, -0.2) is 41.3 Å². The predicted octanol–water partition coefficient (Wildman–Crippen LogP) is 4.22. The second-order valence-corrected chi connectivity index (χ2v) is 8.40. The molecule has 0 aliphatic carbocycles. The standard InChI is InChI=1S/C24H24F2N2O5/c1-24(2,3)33-23(31)28-13-15(16-7-5-6-8-20(16)28)12-19(22(30)32-4)27-21(29)14-9-10-17(25)18(26)11-14/h5-11,13,19H,12H2,1-4H3,(H,27,29)/t19-/m1/s1. The molecule has 7 nitrogen and oxygen atoms in total. The van der Waals surface area contributed by atoms with Gasteiger partial charge in [0.25, 0.3) is 5.91 Å². The smallest absolute Gasteiger partial charge is 0.419 e. The van der Waals surface area contributed by atoms with Crippen molar-refractivity contribution in [1.29, 1.82) is 0 Å². The van der Waals surface area contributed by atoms with Crippen molar-refractivity contribution < 1.29 is 32.6 Å². The zero-order valence-electron chi connectivity index (χ0n) is 18.6. The summed E-state index contributed by atoms with van der Waals surface area (Å²) in [5.74, 6) is -3.79. The van der Waals surface area contributed by atoms with Crippen molar-refractivity contribution in [1.82, 2.24) is 9.88 Å². The number of ether oxygens (including phenoxy) is 2. The first-order valence-electron chi connectivity index (χ1n) is 10.2. The fourth-order valence-corrected chi connectivity index (χ4v) is 3.31. The Hall–Kier alpha value is -3.75. The van der Waals surface area contributed by atoms with Gasteiger partial charge in [0, 0.05) is 23.6 Å². The zero-order chi connectivity index (χ0) is 24.3. The third-order valence-corrected chi connectivity index (χ3v) is 4.78. The van der Waals surface area contributed by atoms with Crippen LogP contribution in [0.25, 0.3) is 10.9 Å². The maximum atomic E-state index is 13.5. The number of benzene rings is 2. The molecule has 174 valence electrons. The number of amides is 1. The first-order chi connectivity index (χ1) is 15.5. The fraction of sp³-hybridized carbons (Fsp3) is 0.292. The van der Waals surface area contributed by atoms with Crippen LogP contribution in [0.3, 0.4) is 0 Å². The lowest BCUT2D eigenvalue weighted by molar-refractivity contribution is -0.142. The maximum Gasteiger partial charge on any atom is 0.419 e. The van der Waals surface area contributed by atoms with Crippen LogP contribution in [0.4, 0.5) is 13.6 Å². The van der Waals surface area contributed by atoms with E-state index < -0.39 is 41.2 Å². The van der Waals surface area contributed by atoms with Crippen LogP contribution in [-0.2, 0) is 20.7 Å². The average molecular weight is 458 g/mol. The van der Waals surface area contributed by atoms with Crippen LogP contribution in [0.15, 0.2) is 48.7 Å². The number of fused-ring (bicyclic) bond motifs is 1. The van der Waals surface area contributed by atoms with E-state index in [4.69, 9.17) is 9.47 Å². The Balaban J connectivity index is 1.92. The van der Waals surface area contributed by atoms with E-state index >= 15 is 0 Å². The molecule has 1 atom stereocenters. The van der Waals surface area contributed by atoms with Crippen LogP contribution in [0.1, 0.15) is 36.7 Å². The van der Waals surface area contributed by atoms with E-state index in [1.807, 2.05) is 0 Å². The molecular weight excluding hydrogens is 434 g/mol. The van der Waals surface area contributed by atoms with Crippen LogP contribution in [0, 0.1) is 11.6 Å². The Bertz CT molecular complexity index is 1210. The van der Waals surface area contributed by atoms with Crippen LogP contribution < -0.4 is 5.32 Å². The van der Waals surface area contributed by atoms with E-state index in [9.17, 15) is 23.2 Å². The highest BCUT2D eigenvalue weighted by molar-refractivity contribution is 5.97. The summed E-state index contributed by atoms with van der Waals surface area (Å²) in [5.41, 5.74) is 0.281. The number of carbonyl (C=O) groups is 3. The molecule has 0 aliphatic heterocycles. The number of halogens is 2. The van der Waals surface area contributed by atoms with Gasteiger partial charge in [0.05, 0.1) is 12.6 Å². The fourth-order valence-electron chi connectivity index (χ4n) is 3.31. The van der Waals surface area contributed by atoms with Gasteiger partial charge in [0.15, 0.2) is 11.6 Å². The molecule has 0 radical (unpaired) electrons. The highest BCUT2D eigenvalue weighted by Crippen LogP contribution is 2.24. The highest BCUT2D eigenvalue weighted by atomic mass is 19.2. The van der Waals surface area contributed by atoms with Gasteiger partial charge in [0.2, 0.25) is 0 Å². The Kier molecular flexibility index (Phi) is 6.81. The molecule has 9 heteroatoms. The summed E-state index contributed by atoms with van der Waals surface area (Å²) in [7, 11) is 1.17. The number of hydrogen-bond acceptors (Lipinski definition) is 5. The normalized spacial score (nSPS) is 12.3. The first-order valence-corrected chi connectivity index (χ1v) is 10.2. The molecule has 0 fully saturated rings. The van der Waals surface area contributed by atoms with Gasteiger partial charge in [-0.25, -0.2) is 18.4 Å². The summed E-state index contributed by atoms with van der Waals surface area (Å²) in [6, 6.07) is 8.57. The molecule has 0 unspecified atom stereocenters. The molecular formula is C24H24F2N2O5. The number of para-hydroxylation sites is 1. The summed E-state index contributed by atoms with van der Waals surface area (Å²) in [6.07, 6.45) is 0.932. The molecule has 1 aromatic heterocycles. The van der Waals surface area contributed by atoms with E-state index in [0.717, 1.165) is 18.2 Å². The molecule has 2 aromatic carbocycles. The third kappa shape index (κ3) is 5.54. The minimum Gasteiger partial charge on any atom is -0.467 e. The van der Waals surface area contributed by atoms with Gasteiger partial charge >= 0.3 is 12.1 Å². The van der Waals surface area contributed by atoms with Crippen LogP contribution in [0.5, 0.6) is 0 Å². The Morgan fingerprint density at radius 2 is 1.76 bits per heavy atom. The summed E-state index contributed by atoms with van der Waals surface area (Å²) in [5, 5.41) is 3.17. The maximum absolute atomic E-state index is 13.5. The number of esters is 1. The lowest BCUT2D eigenvalue weighted by atomic mass is 10.0. The van der Waals surface area contributed by atoms with E-state index in [0.29, 0.717) is 16.5 Å². The SMILES string of the molecule is COC(=O)[C@@H](Cc1cn(C(=O)OC(C)(C)C)c2ccccc12)NC(=O)c1ccc(F)c(F)c1. The molecule has 33 heavy (non-hydrogen) atoms. The van der Waals surface area contributed by atoms with Gasteiger partial charge in [-0.2, -0.15) is 0 Å². The van der Waals surface area contributed by atoms with Crippen LogP contribution in [0.2, 0.25) is 0 Å². The van der Waals surface area contributed by atoms with Crippen molar-refractivity contribution >= 4 is 28.9 Å². The lowest BCUT2D eigenvalue weighted by Crippen LogP contribution is -2.43. The van der Waals surface area contributed by atoms with E-state index in [1.165, 1.54) is 11.7 Å². The Morgan fingerprint density at radius 1 is 1.06 bits per heavy atom. The quantitative estimate of drug-likeness (QED) is 0.579. The Labute approximate surface area is 189 Å². The van der Waals surface area contributed by atoms with Gasteiger partial charge in [-0.1, -0.05) is 18.2 Å². The van der Waals surface area contributed by atoms with Gasteiger partial charge < -0.3 is 14.8 Å². The molecule has 0 spiro atoms. The van der Waals surface area contributed by atoms with Crippen molar-refractivity contribution in [2.24, 2.45) is 0 Å². The molecule has 0 saturated heterocycles. The van der Waals surface area contributed by atoms with E-state index in [-0.39, 0.29) is 12.0 Å². The van der Waals surface area contributed by atoms with Crippen molar-refractivity contribution in [2.45, 2.75) is 38.8 Å². The predicted molar refractivity (Wildman–Crippen MR) is 117 cm³/mol. The topological polar surface area (TPSA) is 86.6 Å². The minimum atomic E-state index is -1.18. The van der Waals surface area contributed by atoms with Gasteiger partial charge in [-0.05, 0) is 50.6 Å². The number of hydrogen-bond donors (Lipinski definition) is 1. The summed E-state index contributed by atoms with van der Waals surface area (Å²) in [4.78, 5) is 37.7. The second kappa shape index (κ2) is 9.40. The molecule has 1 amide bonds. The van der Waals surface area contributed by atoms with Crippen molar-refractivity contribution in [2.75, 3.05) is 7.11 Å². The summed E-state index contributed by atoms with van der Waals surface area (Å²) < 4.78 is 38.3. The van der Waals surface area contributed by atoms with Gasteiger partial charge in [-0.3, -0.25) is 9.36 Å². The van der Waals surface area contributed by atoms with E-state index in [1.54, 1.807) is 51.2 Å². The van der Waals surface area contributed by atoms with Crippen LogP contribution >= 0.6 is 0 Å². The minimum absolute atomic E-state index is 0.0155. The number of nitrogens with zero attached hydrogens (tertiary/aromatic N) is 1. The largest absolute Gasteiger partial charge is 0.467 e. The number of aromatic nitrogens is 1. The molecule has 3 rings (SSSR count). The van der Waals surface area contributed by atoms with E-state index in [2.05, 4.69) is 5.32 Å². The summed E-state index contributed by atoms with van der Waals surface area (Å²) >= 11 is 0. The molecule has 0 bridgehead atoms. The van der Waals surface area contributed by atoms with Crippen molar-refractivity contribution in [3.05, 3.63) is 71.4 Å². The zero-order valence-corrected chi connectivity index (χ0v) is 18.6. The number of rotatable bonds is 5. The van der Waals surface area contributed by atoms with Crippen molar-refractivity contribution in [3.63, 3.8) is 0 Å². The summed E-state index contributed by atoms with van der Waals surface area (Å²) in [6.45, 7) is 5.25. The number of nitrogens with one attached hydrogen (secondary N) is 1. The van der Waals surface area contributed by atoms with Crippen molar-refractivity contribution in [3.8, 4) is 0 Å². The second-order valence-electron chi connectivity index (χ2n) is 8.40. The third-order valence-electron chi connectivity index (χ3n) is 4.78. The molecule has 0 aliphatic rings. The lowest BCUT2D eigenvalue weighted by Gasteiger charge is -2.19. The number of carbonyl (C=O) groups excluding carboxylic acids is 3. The molecule has 3 aromatic rings. The van der Waals surface area contributed by atoms with Gasteiger partial charge in [0.1, 0.15) is 11.6 Å².